The summed E-state index contributed by atoms with van der Waals surface area (Å²) in [5, 5.41) is 9.08. The summed E-state index contributed by atoms with van der Waals surface area (Å²) in [7, 11) is 1.52. The maximum Gasteiger partial charge on any atom is 0.349 e. The zero-order valence-electron chi connectivity index (χ0n) is 12.4. The van der Waals surface area contributed by atoms with Gasteiger partial charge in [0.15, 0.2) is 11.5 Å². The lowest BCUT2D eigenvalue weighted by atomic mass is 10.1. The topological polar surface area (TPSA) is 68.6 Å². The fraction of sp³-hybridized carbons (Fsp3) is 0.250. The number of hydrogen-bond acceptors (Lipinski definition) is 5. The van der Waals surface area contributed by atoms with Gasteiger partial charge in [-0.05, 0) is 46.6 Å². The first-order valence-corrected chi connectivity index (χ1v) is 7.26. The van der Waals surface area contributed by atoms with E-state index in [-0.39, 0.29) is 12.2 Å². The number of hydrogen-bond donors (Lipinski definition) is 0. The predicted molar refractivity (Wildman–Crippen MR) is 86.6 cm³/mol. The van der Waals surface area contributed by atoms with Crippen LogP contribution >= 0.6 is 15.9 Å². The van der Waals surface area contributed by atoms with Crippen LogP contribution in [0.25, 0.3) is 6.08 Å². The van der Waals surface area contributed by atoms with Crippen LogP contribution in [0.5, 0.6) is 11.5 Å². The van der Waals surface area contributed by atoms with Crippen LogP contribution in [0, 0.1) is 11.3 Å². The van der Waals surface area contributed by atoms with Crippen molar-refractivity contribution >= 4 is 28.0 Å². The Balaban J connectivity index is 3.18. The van der Waals surface area contributed by atoms with Crippen molar-refractivity contribution in [3.63, 3.8) is 0 Å². The smallest absolute Gasteiger partial charge is 0.349 e. The summed E-state index contributed by atoms with van der Waals surface area (Å²) in [5.41, 5.74) is 0.499. The molecule has 0 radical (unpaired) electrons. The van der Waals surface area contributed by atoms with E-state index in [4.69, 9.17) is 19.5 Å². The number of benzene rings is 1. The van der Waals surface area contributed by atoms with Crippen molar-refractivity contribution in [1.82, 2.24) is 0 Å². The molecule has 0 atom stereocenters. The maximum atomic E-state index is 11.7. The van der Waals surface area contributed by atoms with E-state index in [1.165, 1.54) is 19.3 Å². The van der Waals surface area contributed by atoms with Crippen LogP contribution in [0.1, 0.15) is 12.5 Å². The minimum atomic E-state index is -0.702. The van der Waals surface area contributed by atoms with Crippen molar-refractivity contribution in [3.8, 4) is 17.6 Å². The van der Waals surface area contributed by atoms with Gasteiger partial charge in [0.25, 0.3) is 0 Å². The number of halogens is 1. The van der Waals surface area contributed by atoms with Crippen molar-refractivity contribution in [1.29, 1.82) is 5.26 Å². The molecule has 0 heterocycles. The molecule has 0 unspecified atom stereocenters. The van der Waals surface area contributed by atoms with Gasteiger partial charge < -0.3 is 14.2 Å². The Hall–Kier alpha value is -2.26. The molecule has 0 amide bonds. The van der Waals surface area contributed by atoms with E-state index in [9.17, 15) is 4.79 Å². The first-order chi connectivity index (χ1) is 10.6. The van der Waals surface area contributed by atoms with E-state index < -0.39 is 5.97 Å². The SMILES string of the molecule is C=CCOC(=O)/C(C#N)=C/c1cc(Br)c(OCC)c(OC)c1. The van der Waals surface area contributed by atoms with E-state index in [1.807, 2.05) is 13.0 Å². The Morgan fingerprint density at radius 3 is 2.77 bits per heavy atom. The van der Waals surface area contributed by atoms with Crippen molar-refractivity contribution in [2.45, 2.75) is 6.92 Å². The zero-order chi connectivity index (χ0) is 16.5. The van der Waals surface area contributed by atoms with Gasteiger partial charge >= 0.3 is 5.97 Å². The number of esters is 1. The minimum Gasteiger partial charge on any atom is -0.493 e. The summed E-state index contributed by atoms with van der Waals surface area (Å²) in [4.78, 5) is 11.7. The molecule has 1 aromatic rings. The molecule has 0 aromatic heterocycles. The van der Waals surface area contributed by atoms with Crippen LogP contribution in [0.4, 0.5) is 0 Å². The lowest BCUT2D eigenvalue weighted by molar-refractivity contribution is -0.137. The van der Waals surface area contributed by atoms with Crippen molar-refractivity contribution in [3.05, 3.63) is 40.4 Å². The van der Waals surface area contributed by atoms with Gasteiger partial charge in [-0.15, -0.1) is 0 Å². The molecule has 22 heavy (non-hydrogen) atoms. The van der Waals surface area contributed by atoms with E-state index in [1.54, 1.807) is 12.1 Å². The number of nitrogens with zero attached hydrogens (tertiary/aromatic N) is 1. The van der Waals surface area contributed by atoms with E-state index in [0.29, 0.717) is 28.1 Å². The highest BCUT2D eigenvalue weighted by atomic mass is 79.9. The molecule has 0 saturated heterocycles. The highest BCUT2D eigenvalue weighted by molar-refractivity contribution is 9.10. The fourth-order valence-corrected chi connectivity index (χ4v) is 2.20. The Labute approximate surface area is 137 Å². The zero-order valence-corrected chi connectivity index (χ0v) is 14.0. The molecule has 6 heteroatoms. The average molecular weight is 366 g/mol. The second-order valence-corrected chi connectivity index (χ2v) is 4.88. The molecule has 0 saturated carbocycles. The van der Waals surface area contributed by atoms with Gasteiger partial charge in [0.1, 0.15) is 18.2 Å². The number of carbonyl (C=O) groups is 1. The summed E-state index contributed by atoms with van der Waals surface area (Å²) in [6.07, 6.45) is 2.86. The minimum absolute atomic E-state index is 0.0497. The first-order valence-electron chi connectivity index (χ1n) is 6.47. The molecule has 0 N–H and O–H groups in total. The van der Waals surface area contributed by atoms with Crippen molar-refractivity contribution < 1.29 is 19.0 Å². The van der Waals surface area contributed by atoms with Crippen LogP contribution in [-0.4, -0.2) is 26.3 Å². The first kappa shape index (κ1) is 17.8. The van der Waals surface area contributed by atoms with Crippen molar-refractivity contribution in [2.75, 3.05) is 20.3 Å². The molecule has 116 valence electrons. The van der Waals surface area contributed by atoms with Gasteiger partial charge in [0, 0.05) is 0 Å². The van der Waals surface area contributed by atoms with E-state index in [2.05, 4.69) is 22.5 Å². The molecule has 0 spiro atoms. The van der Waals surface area contributed by atoms with Gasteiger partial charge in [-0.1, -0.05) is 12.7 Å². The Bertz CT molecular complexity index is 632. The molecule has 5 nitrogen and oxygen atoms in total. The van der Waals surface area contributed by atoms with E-state index in [0.717, 1.165) is 0 Å². The molecule has 0 bridgehead atoms. The molecular weight excluding hydrogens is 350 g/mol. The Morgan fingerprint density at radius 2 is 2.23 bits per heavy atom. The van der Waals surface area contributed by atoms with Gasteiger partial charge in [-0.25, -0.2) is 4.79 Å². The molecule has 0 aliphatic rings. The van der Waals surface area contributed by atoms with Crippen molar-refractivity contribution in [2.24, 2.45) is 0 Å². The lowest BCUT2D eigenvalue weighted by Crippen LogP contribution is -2.06. The number of methoxy groups -OCH3 is 1. The highest BCUT2D eigenvalue weighted by Gasteiger charge is 2.14. The van der Waals surface area contributed by atoms with Crippen LogP contribution < -0.4 is 9.47 Å². The normalized spacial score (nSPS) is 10.5. The third kappa shape index (κ3) is 4.64. The maximum absolute atomic E-state index is 11.7. The summed E-state index contributed by atoms with van der Waals surface area (Å²) < 4.78 is 16.3. The van der Waals surface area contributed by atoms with Crippen LogP contribution in [0.15, 0.2) is 34.8 Å². The predicted octanol–water partition coefficient (Wildman–Crippen LogP) is 3.49. The van der Waals surface area contributed by atoms with Gasteiger partial charge in [-0.2, -0.15) is 5.26 Å². The lowest BCUT2D eigenvalue weighted by Gasteiger charge is -2.12. The van der Waals surface area contributed by atoms with Gasteiger partial charge in [0.05, 0.1) is 18.2 Å². The number of ether oxygens (including phenoxy) is 3. The molecule has 1 aromatic carbocycles. The monoisotopic (exact) mass is 365 g/mol. The molecule has 0 fully saturated rings. The van der Waals surface area contributed by atoms with Crippen LogP contribution in [-0.2, 0) is 9.53 Å². The number of rotatable bonds is 7. The largest absolute Gasteiger partial charge is 0.493 e. The van der Waals surface area contributed by atoms with Gasteiger partial charge in [0.2, 0.25) is 0 Å². The summed E-state index contributed by atoms with van der Waals surface area (Å²) >= 11 is 3.38. The fourth-order valence-electron chi connectivity index (χ4n) is 1.62. The van der Waals surface area contributed by atoms with Gasteiger partial charge in [-0.3, -0.25) is 0 Å². The summed E-state index contributed by atoms with van der Waals surface area (Å²) in [6, 6.07) is 5.22. The average Bonchev–Trinajstić information content (AvgIpc) is 2.52. The van der Waals surface area contributed by atoms with Crippen LogP contribution in [0.2, 0.25) is 0 Å². The second kappa shape index (κ2) is 8.90. The number of carbonyl (C=O) groups excluding carboxylic acids is 1. The van der Waals surface area contributed by atoms with Crippen LogP contribution in [0.3, 0.4) is 0 Å². The summed E-state index contributed by atoms with van der Waals surface area (Å²) in [5.74, 6) is 0.362. The number of nitriles is 1. The third-order valence-electron chi connectivity index (χ3n) is 2.52. The Kier molecular flexibility index (Phi) is 7.20. The second-order valence-electron chi connectivity index (χ2n) is 4.02. The summed E-state index contributed by atoms with van der Waals surface area (Å²) in [6.45, 7) is 5.85. The third-order valence-corrected chi connectivity index (χ3v) is 3.11. The quantitative estimate of drug-likeness (QED) is 0.320. The molecule has 0 aliphatic heterocycles. The Morgan fingerprint density at radius 1 is 1.50 bits per heavy atom. The standard InChI is InChI=1S/C16H16BrNO4/c1-4-6-22-16(19)12(10-18)7-11-8-13(17)15(21-5-2)14(9-11)20-3/h4,7-9H,1,5-6H2,2-3H3/b12-7+. The van der Waals surface area contributed by atoms with E-state index >= 15 is 0 Å². The molecule has 1 rings (SSSR count). The molecule has 0 aliphatic carbocycles. The highest BCUT2D eigenvalue weighted by Crippen LogP contribution is 2.37. The molecular formula is C16H16BrNO4.